The molecule has 0 radical (unpaired) electrons. The molecule has 0 saturated heterocycles. The molecule has 0 spiro atoms. The first-order chi connectivity index (χ1) is 24.4. The maximum atomic E-state index is 7.28. The fraction of sp³-hybridized carbons (Fsp3) is 0.143. The van der Waals surface area contributed by atoms with Crippen LogP contribution >= 0.6 is 16.6 Å². The summed E-state index contributed by atoms with van der Waals surface area (Å²) in [4.78, 5) is 0. The van der Waals surface area contributed by atoms with Gasteiger partial charge in [0.15, 0.2) is 0 Å². The van der Waals surface area contributed by atoms with Gasteiger partial charge in [-0.1, -0.05) is 72.8 Å². The van der Waals surface area contributed by atoms with E-state index in [0.29, 0.717) is 0 Å². The van der Waals surface area contributed by atoms with Gasteiger partial charge >= 0.3 is 0 Å². The number of anilines is 2. The zero-order valence-corrected chi connectivity index (χ0v) is 30.8. The van der Waals surface area contributed by atoms with Gasteiger partial charge in [0.05, 0.1) is 25.6 Å². The van der Waals surface area contributed by atoms with Gasteiger partial charge in [-0.3, -0.25) is 0 Å². The molecule has 50 heavy (non-hydrogen) atoms. The number of rotatable bonds is 7. The predicted molar refractivity (Wildman–Crippen MR) is 209 cm³/mol. The van der Waals surface area contributed by atoms with E-state index in [0.717, 1.165) is 56.6 Å². The third kappa shape index (κ3) is 5.35. The molecule has 2 atom stereocenters. The van der Waals surface area contributed by atoms with E-state index in [2.05, 4.69) is 146 Å². The summed E-state index contributed by atoms with van der Waals surface area (Å²) in [6, 6.07) is 42.4. The minimum atomic E-state index is -1.25. The maximum Gasteiger partial charge on any atom is 0.225 e. The van der Waals surface area contributed by atoms with Crippen molar-refractivity contribution in [3.05, 3.63) is 132 Å². The Bertz CT molecular complexity index is 2100. The van der Waals surface area contributed by atoms with Crippen LogP contribution in [0.1, 0.15) is 11.1 Å². The number of aryl methyl sites for hydroxylation is 2. The van der Waals surface area contributed by atoms with Crippen LogP contribution in [0.3, 0.4) is 0 Å². The smallest absolute Gasteiger partial charge is 0.225 e. The van der Waals surface area contributed by atoms with Crippen LogP contribution in [0.25, 0.3) is 33.4 Å². The van der Waals surface area contributed by atoms with Gasteiger partial charge in [-0.05, 0) is 84.6 Å². The van der Waals surface area contributed by atoms with Crippen molar-refractivity contribution in [2.24, 2.45) is 0 Å². The van der Waals surface area contributed by atoms with Crippen molar-refractivity contribution in [1.29, 1.82) is 0 Å². The molecule has 8 heteroatoms. The van der Waals surface area contributed by atoms with E-state index in [4.69, 9.17) is 18.5 Å². The SMILES string of the molecule is COc1cc(C)c(OP2c3ccccc3-c3ccccc3N2C)c(-c2cc(OC)cc(C)c2OP2c3ccccc3-c3ccccc3N2C)c1. The highest BCUT2D eigenvalue weighted by molar-refractivity contribution is 7.63. The van der Waals surface area contributed by atoms with Crippen molar-refractivity contribution in [3.8, 4) is 56.4 Å². The highest BCUT2D eigenvalue weighted by Gasteiger charge is 2.35. The van der Waals surface area contributed by atoms with Crippen molar-refractivity contribution in [2.75, 3.05) is 37.7 Å². The molecule has 250 valence electrons. The van der Waals surface area contributed by atoms with Gasteiger partial charge in [-0.15, -0.1) is 0 Å². The molecule has 8 rings (SSSR count). The highest BCUT2D eigenvalue weighted by atomic mass is 31.2. The topological polar surface area (TPSA) is 43.4 Å². The Kier molecular flexibility index (Phi) is 8.39. The molecular weight excluding hydrogens is 658 g/mol. The first-order valence-electron chi connectivity index (χ1n) is 16.6. The summed E-state index contributed by atoms with van der Waals surface area (Å²) in [7, 11) is 5.16. The summed E-state index contributed by atoms with van der Waals surface area (Å²) >= 11 is 0. The number of methoxy groups -OCH3 is 2. The lowest BCUT2D eigenvalue weighted by Gasteiger charge is -2.37. The zero-order valence-electron chi connectivity index (χ0n) is 29.0. The van der Waals surface area contributed by atoms with Gasteiger partial charge in [-0.25, -0.2) is 0 Å². The number of para-hydroxylation sites is 2. The van der Waals surface area contributed by atoms with Crippen LogP contribution in [0.15, 0.2) is 121 Å². The van der Waals surface area contributed by atoms with Crippen molar-refractivity contribution in [3.63, 3.8) is 0 Å². The minimum absolute atomic E-state index is 0.742. The van der Waals surface area contributed by atoms with Gasteiger partial charge in [0.1, 0.15) is 23.0 Å². The molecule has 2 aliphatic heterocycles. The number of hydrogen-bond acceptors (Lipinski definition) is 6. The van der Waals surface area contributed by atoms with E-state index in [1.165, 1.54) is 32.9 Å². The molecule has 0 fully saturated rings. The van der Waals surface area contributed by atoms with E-state index < -0.39 is 16.6 Å². The van der Waals surface area contributed by atoms with Gasteiger partial charge in [0.25, 0.3) is 0 Å². The average Bonchev–Trinajstić information content (AvgIpc) is 3.15. The summed E-state index contributed by atoms with van der Waals surface area (Å²) in [5.74, 6) is 3.05. The Hall–Kier alpha value is -5.02. The minimum Gasteiger partial charge on any atom is -0.497 e. The largest absolute Gasteiger partial charge is 0.497 e. The van der Waals surface area contributed by atoms with Crippen molar-refractivity contribution in [2.45, 2.75) is 13.8 Å². The van der Waals surface area contributed by atoms with Crippen LogP contribution in [0.4, 0.5) is 11.4 Å². The molecule has 6 aromatic rings. The lowest BCUT2D eigenvalue weighted by molar-refractivity contribution is 0.413. The second kappa shape index (κ2) is 13.0. The molecule has 2 unspecified atom stereocenters. The van der Waals surface area contributed by atoms with Crippen LogP contribution in [0.2, 0.25) is 0 Å². The summed E-state index contributed by atoms with van der Waals surface area (Å²) in [6.45, 7) is 4.17. The van der Waals surface area contributed by atoms with Gasteiger partial charge in [0.2, 0.25) is 16.6 Å². The molecule has 2 heterocycles. The lowest BCUT2D eigenvalue weighted by Crippen LogP contribution is -2.27. The molecule has 2 aliphatic rings. The zero-order chi connectivity index (χ0) is 34.5. The second-order valence-electron chi connectivity index (χ2n) is 12.5. The fourth-order valence-corrected chi connectivity index (χ4v) is 10.9. The molecule has 6 aromatic carbocycles. The first kappa shape index (κ1) is 32.2. The average molecular weight is 697 g/mol. The Morgan fingerprint density at radius 3 is 1.20 bits per heavy atom. The third-order valence-electron chi connectivity index (χ3n) is 9.46. The Labute approximate surface area is 296 Å². The van der Waals surface area contributed by atoms with E-state index >= 15 is 0 Å². The fourth-order valence-electron chi connectivity index (χ4n) is 6.98. The molecule has 0 aromatic heterocycles. The maximum absolute atomic E-state index is 7.28. The Balaban J connectivity index is 1.29. The lowest BCUT2D eigenvalue weighted by atomic mass is 9.98. The summed E-state index contributed by atoms with van der Waals surface area (Å²) < 4.78 is 30.9. The summed E-state index contributed by atoms with van der Waals surface area (Å²) in [6.07, 6.45) is 0. The van der Waals surface area contributed by atoms with Crippen molar-refractivity contribution < 1.29 is 18.5 Å². The molecule has 0 aliphatic carbocycles. The van der Waals surface area contributed by atoms with Crippen LogP contribution < -0.4 is 38.5 Å². The molecular formula is C42H38N2O4P2. The van der Waals surface area contributed by atoms with Gasteiger partial charge < -0.3 is 27.9 Å². The van der Waals surface area contributed by atoms with Crippen LogP contribution in [0, 0.1) is 13.8 Å². The monoisotopic (exact) mass is 696 g/mol. The quantitative estimate of drug-likeness (QED) is 0.155. The Morgan fingerprint density at radius 1 is 0.440 bits per heavy atom. The van der Waals surface area contributed by atoms with Gasteiger partial charge in [-0.2, -0.15) is 0 Å². The van der Waals surface area contributed by atoms with Crippen LogP contribution in [-0.4, -0.2) is 28.3 Å². The Morgan fingerprint density at radius 2 is 0.800 bits per heavy atom. The van der Waals surface area contributed by atoms with E-state index in [1.807, 2.05) is 12.1 Å². The van der Waals surface area contributed by atoms with E-state index in [-0.39, 0.29) is 0 Å². The van der Waals surface area contributed by atoms with Gasteiger partial charge in [0, 0.05) is 47.0 Å². The number of fused-ring (bicyclic) bond motifs is 6. The normalized spacial score (nSPS) is 15.7. The molecule has 0 saturated carbocycles. The molecule has 0 amide bonds. The number of nitrogens with zero attached hydrogens (tertiary/aromatic N) is 2. The standard InChI is InChI=1S/C42H38N2O4P2/c1-27-23-29(45-5)25-35(41(27)47-49-39-21-13-9-17-33(39)31-15-7-11-19-37(31)43(49)3)36-26-30(46-6)24-28(2)42(36)48-50-40-22-14-10-18-34(40)32-16-8-12-20-38(32)44(50)4/h7-26H,1-6H3. The molecule has 6 nitrogen and oxygen atoms in total. The molecule has 0 N–H and O–H groups in total. The number of benzene rings is 6. The van der Waals surface area contributed by atoms with Crippen LogP contribution in [-0.2, 0) is 0 Å². The van der Waals surface area contributed by atoms with E-state index in [1.54, 1.807) is 14.2 Å². The summed E-state index contributed by atoms with van der Waals surface area (Å²) in [5.41, 5.74) is 10.8. The third-order valence-corrected chi connectivity index (χ3v) is 13.3. The second-order valence-corrected chi connectivity index (χ2v) is 16.1. The number of ether oxygens (including phenoxy) is 2. The number of hydrogen-bond donors (Lipinski definition) is 0. The molecule has 0 bridgehead atoms. The van der Waals surface area contributed by atoms with Crippen LogP contribution in [0.5, 0.6) is 23.0 Å². The highest BCUT2D eigenvalue weighted by Crippen LogP contribution is 2.57. The van der Waals surface area contributed by atoms with E-state index in [9.17, 15) is 0 Å². The predicted octanol–water partition coefficient (Wildman–Crippen LogP) is 10.3. The summed E-state index contributed by atoms with van der Waals surface area (Å²) in [5, 5.41) is 2.34. The van der Waals surface area contributed by atoms with Crippen molar-refractivity contribution >= 4 is 38.6 Å². The van der Waals surface area contributed by atoms with Crippen molar-refractivity contribution in [1.82, 2.24) is 0 Å². The first-order valence-corrected chi connectivity index (χ1v) is 19.0.